The molecule has 11 heteroatoms. The quantitative estimate of drug-likeness (QED) is 0.439. The molecule has 0 aromatic heterocycles. The number of carbonyl (C=O) groups excluding carboxylic acids is 4. The van der Waals surface area contributed by atoms with E-state index in [1.807, 2.05) is 0 Å². The van der Waals surface area contributed by atoms with Gasteiger partial charge in [-0.1, -0.05) is 30.3 Å². The van der Waals surface area contributed by atoms with Crippen LogP contribution >= 0.6 is 0 Å². The summed E-state index contributed by atoms with van der Waals surface area (Å²) in [5, 5.41) is 4.55. The Kier molecular flexibility index (Phi) is 7.64. The van der Waals surface area contributed by atoms with Gasteiger partial charge in [-0.15, -0.1) is 0 Å². The molecule has 0 radical (unpaired) electrons. The third-order valence-electron chi connectivity index (χ3n) is 3.61. The fourth-order valence-corrected chi connectivity index (χ4v) is 3.13. The van der Waals surface area contributed by atoms with E-state index in [-0.39, 0.29) is 23.7 Å². The predicted molar refractivity (Wildman–Crippen MR) is 105 cm³/mol. The Hall–Kier alpha value is -3.73. The average Bonchev–Trinajstić information content (AvgIpc) is 2.73. The third-order valence-corrected chi connectivity index (χ3v) is 4.96. The molecule has 2 aromatic rings. The van der Waals surface area contributed by atoms with Crippen LogP contribution in [0.5, 0.6) is 0 Å². The third kappa shape index (κ3) is 6.41. The molecular formula is C19H19N3O7S. The van der Waals surface area contributed by atoms with Gasteiger partial charge in [-0.2, -0.15) is 0 Å². The van der Waals surface area contributed by atoms with Crippen LogP contribution in [0.25, 0.3) is 0 Å². The van der Waals surface area contributed by atoms with E-state index in [9.17, 15) is 27.6 Å². The second kappa shape index (κ2) is 10.2. The highest BCUT2D eigenvalue weighted by atomic mass is 32.2. The molecule has 2 aromatic carbocycles. The van der Waals surface area contributed by atoms with E-state index >= 15 is 0 Å². The lowest BCUT2D eigenvalue weighted by Gasteiger charge is -2.09. The van der Waals surface area contributed by atoms with Gasteiger partial charge in [-0.05, 0) is 36.8 Å². The first-order valence-corrected chi connectivity index (χ1v) is 10.2. The minimum absolute atomic E-state index is 0.0298. The minimum Gasteiger partial charge on any atom is -0.459 e. The van der Waals surface area contributed by atoms with Gasteiger partial charge in [0.25, 0.3) is 10.0 Å². The number of hydrogen-bond donors (Lipinski definition) is 3. The van der Waals surface area contributed by atoms with Gasteiger partial charge >= 0.3 is 23.7 Å². The van der Waals surface area contributed by atoms with Gasteiger partial charge in [0.15, 0.2) is 0 Å². The second-order valence-electron chi connectivity index (χ2n) is 5.80. The van der Waals surface area contributed by atoms with Gasteiger partial charge in [0.2, 0.25) is 0 Å². The summed E-state index contributed by atoms with van der Waals surface area (Å²) < 4.78 is 30.7. The van der Waals surface area contributed by atoms with Crippen LogP contribution in [0.2, 0.25) is 0 Å². The topological polar surface area (TPSA) is 148 Å². The Morgan fingerprint density at radius 1 is 0.867 bits per heavy atom. The largest absolute Gasteiger partial charge is 0.459 e. The normalized spacial score (nSPS) is 10.6. The fourth-order valence-electron chi connectivity index (χ4n) is 2.18. The molecule has 30 heavy (non-hydrogen) atoms. The summed E-state index contributed by atoms with van der Waals surface area (Å²) in [7, 11) is -4.32. The Morgan fingerprint density at radius 2 is 1.50 bits per heavy atom. The lowest BCUT2D eigenvalue weighted by atomic mass is 10.2. The number of ether oxygens (including phenoxy) is 1. The molecule has 0 bridgehead atoms. The molecule has 0 fully saturated rings. The molecule has 0 atom stereocenters. The summed E-state index contributed by atoms with van der Waals surface area (Å²) in [6.07, 6.45) is 0. The Labute approximate surface area is 172 Å². The summed E-state index contributed by atoms with van der Waals surface area (Å²) in [5.41, 5.74) is 0.876. The van der Waals surface area contributed by atoms with Crippen LogP contribution < -0.4 is 15.4 Å². The highest BCUT2D eigenvalue weighted by molar-refractivity contribution is 7.90. The summed E-state index contributed by atoms with van der Waals surface area (Å²) >= 11 is 0. The number of anilines is 1. The molecule has 3 N–H and O–H groups in total. The van der Waals surface area contributed by atoms with Crippen LogP contribution in [-0.2, 0) is 40.5 Å². The monoisotopic (exact) mass is 433 g/mol. The van der Waals surface area contributed by atoms with E-state index in [1.54, 1.807) is 42.0 Å². The van der Waals surface area contributed by atoms with Gasteiger partial charge < -0.3 is 15.4 Å². The lowest BCUT2D eigenvalue weighted by molar-refractivity contribution is -0.152. The van der Waals surface area contributed by atoms with Gasteiger partial charge in [0, 0.05) is 12.2 Å². The zero-order valence-electron chi connectivity index (χ0n) is 15.9. The van der Waals surface area contributed by atoms with Crippen LogP contribution in [0.4, 0.5) is 5.69 Å². The van der Waals surface area contributed by atoms with Crippen molar-refractivity contribution in [3.8, 4) is 0 Å². The van der Waals surface area contributed by atoms with Crippen molar-refractivity contribution < 1.29 is 32.3 Å². The van der Waals surface area contributed by atoms with Crippen molar-refractivity contribution in [3.05, 3.63) is 60.2 Å². The van der Waals surface area contributed by atoms with Crippen LogP contribution in [0, 0.1) is 0 Å². The minimum atomic E-state index is -4.32. The van der Waals surface area contributed by atoms with Crippen molar-refractivity contribution >= 4 is 39.4 Å². The van der Waals surface area contributed by atoms with E-state index in [4.69, 9.17) is 0 Å². The second-order valence-corrected chi connectivity index (χ2v) is 7.48. The van der Waals surface area contributed by atoms with Crippen LogP contribution in [0.15, 0.2) is 59.5 Å². The number of amides is 3. The first-order chi connectivity index (χ1) is 14.2. The predicted octanol–water partition coefficient (Wildman–Crippen LogP) is 0.310. The number of sulfonamides is 1. The number of carbonyl (C=O) groups is 4. The lowest BCUT2D eigenvalue weighted by Crippen LogP contribution is -2.42. The highest BCUT2D eigenvalue weighted by Crippen LogP contribution is 2.14. The van der Waals surface area contributed by atoms with Crippen molar-refractivity contribution in [1.29, 1.82) is 0 Å². The average molecular weight is 433 g/mol. The van der Waals surface area contributed by atoms with E-state index in [0.717, 1.165) is 17.7 Å². The summed E-state index contributed by atoms with van der Waals surface area (Å²) in [6.45, 7) is 1.63. The van der Waals surface area contributed by atoms with E-state index in [0.29, 0.717) is 0 Å². The van der Waals surface area contributed by atoms with E-state index in [2.05, 4.69) is 15.4 Å². The van der Waals surface area contributed by atoms with Crippen LogP contribution in [0.3, 0.4) is 0 Å². The van der Waals surface area contributed by atoms with Crippen LogP contribution in [-0.4, -0.2) is 38.7 Å². The number of hydrogen-bond acceptors (Lipinski definition) is 7. The van der Waals surface area contributed by atoms with Crippen LogP contribution in [0.1, 0.15) is 12.5 Å². The number of esters is 1. The van der Waals surface area contributed by atoms with Crippen molar-refractivity contribution in [2.24, 2.45) is 0 Å². The number of nitrogens with one attached hydrogen (secondary N) is 3. The Bertz CT molecular complexity index is 1040. The van der Waals surface area contributed by atoms with E-state index < -0.39 is 33.7 Å². The Balaban J connectivity index is 1.95. The van der Waals surface area contributed by atoms with Gasteiger partial charge in [0.05, 0.1) is 11.5 Å². The fraction of sp³-hybridized carbons (Fsp3) is 0.158. The number of benzene rings is 2. The molecule has 0 saturated heterocycles. The van der Waals surface area contributed by atoms with Gasteiger partial charge in [0.1, 0.15) is 0 Å². The molecule has 0 aliphatic rings. The van der Waals surface area contributed by atoms with Gasteiger partial charge in [-0.3, -0.25) is 14.4 Å². The first kappa shape index (κ1) is 22.6. The van der Waals surface area contributed by atoms with Crippen molar-refractivity contribution in [1.82, 2.24) is 10.0 Å². The molecule has 0 heterocycles. The molecule has 0 aliphatic heterocycles. The molecular weight excluding hydrogens is 414 g/mol. The molecule has 10 nitrogen and oxygen atoms in total. The molecule has 0 spiro atoms. The summed E-state index contributed by atoms with van der Waals surface area (Å²) in [5.74, 6) is -4.55. The first-order valence-electron chi connectivity index (χ1n) is 8.70. The smallest absolute Gasteiger partial charge is 0.397 e. The van der Waals surface area contributed by atoms with Crippen molar-refractivity contribution in [2.45, 2.75) is 18.4 Å². The number of rotatable bonds is 6. The zero-order valence-corrected chi connectivity index (χ0v) is 16.7. The maximum atomic E-state index is 12.3. The van der Waals surface area contributed by atoms with Gasteiger partial charge in [-0.25, -0.2) is 17.9 Å². The SMILES string of the molecule is CCOC(=O)C(=O)Nc1ccc(S(=O)(=O)NC(=O)C(=O)NCc2ccccc2)cc1. The molecule has 158 valence electrons. The molecule has 0 saturated carbocycles. The summed E-state index contributed by atoms with van der Waals surface area (Å²) in [6, 6.07) is 13.4. The Morgan fingerprint density at radius 3 is 2.10 bits per heavy atom. The summed E-state index contributed by atoms with van der Waals surface area (Å²) in [4.78, 5) is 46.3. The van der Waals surface area contributed by atoms with Crippen molar-refractivity contribution in [2.75, 3.05) is 11.9 Å². The molecule has 0 unspecified atom stereocenters. The highest BCUT2D eigenvalue weighted by Gasteiger charge is 2.23. The maximum absolute atomic E-state index is 12.3. The molecule has 3 amide bonds. The van der Waals surface area contributed by atoms with Crippen molar-refractivity contribution in [3.63, 3.8) is 0 Å². The molecule has 0 aliphatic carbocycles. The standard InChI is InChI=1S/C19H19N3O7S/c1-2-29-19(26)18(25)21-14-8-10-15(11-9-14)30(27,28)22-17(24)16(23)20-12-13-6-4-3-5-7-13/h3-11H,2,12H2,1H3,(H,20,23)(H,21,25)(H,22,24). The maximum Gasteiger partial charge on any atom is 0.397 e. The van der Waals surface area contributed by atoms with E-state index in [1.165, 1.54) is 12.1 Å². The molecule has 2 rings (SSSR count). The zero-order chi connectivity index (χ0) is 22.1.